The van der Waals surface area contributed by atoms with Gasteiger partial charge >= 0.3 is 0 Å². The lowest BCUT2D eigenvalue weighted by Crippen LogP contribution is -2.05. The molecule has 0 heterocycles. The number of aldehydes is 1. The van der Waals surface area contributed by atoms with Gasteiger partial charge in [-0.1, -0.05) is 0 Å². The van der Waals surface area contributed by atoms with Crippen molar-refractivity contribution in [3.05, 3.63) is 22.2 Å². The van der Waals surface area contributed by atoms with Crippen LogP contribution in [0, 0.1) is 0 Å². The Morgan fingerprint density at radius 2 is 1.53 bits per heavy atom. The minimum Gasteiger partial charge on any atom is -0.493 e. The third kappa shape index (κ3) is 6.04. The number of halogens is 1. The molecule has 1 aromatic rings. The van der Waals surface area contributed by atoms with E-state index in [2.05, 4.69) is 25.4 Å². The van der Waals surface area contributed by atoms with E-state index in [1.807, 2.05) is 6.92 Å². The topological polar surface area (TPSA) is 54.0 Å². The van der Waals surface area contributed by atoms with E-state index in [1.54, 1.807) is 33.5 Å². The number of ether oxygens (including phenoxy) is 4. The fourth-order valence-corrected chi connectivity index (χ4v) is 1.47. The van der Waals surface area contributed by atoms with Gasteiger partial charge in [0.05, 0.1) is 14.2 Å². The van der Waals surface area contributed by atoms with Crippen molar-refractivity contribution in [1.29, 1.82) is 0 Å². The fourth-order valence-electron chi connectivity index (χ4n) is 1.06. The van der Waals surface area contributed by atoms with Gasteiger partial charge in [0.1, 0.15) is 0 Å². The van der Waals surface area contributed by atoms with Gasteiger partial charge in [-0.2, -0.15) is 0 Å². The van der Waals surface area contributed by atoms with Crippen molar-refractivity contribution in [2.75, 3.05) is 28.4 Å². The number of methoxy groups -OCH3 is 4. The molecule has 1 aromatic carbocycles. The van der Waals surface area contributed by atoms with Gasteiger partial charge in [-0.05, 0) is 35.0 Å². The lowest BCUT2D eigenvalue weighted by atomic mass is 10.2. The number of hydrogen-bond acceptors (Lipinski definition) is 5. The van der Waals surface area contributed by atoms with Crippen molar-refractivity contribution in [3.8, 4) is 11.5 Å². The zero-order chi connectivity index (χ0) is 14.8. The van der Waals surface area contributed by atoms with Crippen molar-refractivity contribution in [2.24, 2.45) is 0 Å². The number of carbonyl (C=O) groups excluding carboxylic acids is 1. The lowest BCUT2D eigenvalue weighted by Gasteiger charge is -2.08. The van der Waals surface area contributed by atoms with Gasteiger partial charge in [0.2, 0.25) is 0 Å². The number of rotatable bonds is 5. The molecular weight excluding hydrogens is 316 g/mol. The molecule has 0 saturated carbocycles. The lowest BCUT2D eigenvalue weighted by molar-refractivity contribution is -0.0877. The summed E-state index contributed by atoms with van der Waals surface area (Å²) in [5.74, 6) is 1.15. The van der Waals surface area contributed by atoms with Crippen molar-refractivity contribution < 1.29 is 23.7 Å². The Kier molecular flexibility index (Phi) is 9.20. The van der Waals surface area contributed by atoms with Crippen LogP contribution < -0.4 is 9.47 Å². The standard InChI is InChI=1S/C9H9BrO3.C4H10O2/c1-12-8-3-6(5-11)7(10)4-9(8)13-2;1-4(5-2)6-3/h3-5H,1-2H3;4H,1-3H3. The molecular formula is C13H19BrO5. The molecule has 19 heavy (non-hydrogen) atoms. The first-order valence-corrected chi connectivity index (χ1v) is 6.25. The maximum atomic E-state index is 10.6. The highest BCUT2D eigenvalue weighted by Gasteiger charge is 2.08. The van der Waals surface area contributed by atoms with Crippen LogP contribution in [0.25, 0.3) is 0 Å². The van der Waals surface area contributed by atoms with E-state index in [4.69, 9.17) is 9.47 Å². The maximum absolute atomic E-state index is 10.6. The van der Waals surface area contributed by atoms with Gasteiger partial charge in [-0.15, -0.1) is 0 Å². The average molecular weight is 335 g/mol. The highest BCUT2D eigenvalue weighted by atomic mass is 79.9. The molecule has 0 unspecified atom stereocenters. The van der Waals surface area contributed by atoms with E-state index >= 15 is 0 Å². The highest BCUT2D eigenvalue weighted by Crippen LogP contribution is 2.32. The highest BCUT2D eigenvalue weighted by molar-refractivity contribution is 9.10. The second-order valence-corrected chi connectivity index (χ2v) is 4.24. The molecule has 0 spiro atoms. The van der Waals surface area contributed by atoms with E-state index in [0.717, 1.165) is 6.29 Å². The number of carbonyl (C=O) groups is 1. The molecule has 0 aliphatic rings. The van der Waals surface area contributed by atoms with Crippen LogP contribution in [0.3, 0.4) is 0 Å². The second-order valence-electron chi connectivity index (χ2n) is 3.39. The number of benzene rings is 1. The van der Waals surface area contributed by atoms with E-state index in [0.29, 0.717) is 21.5 Å². The summed E-state index contributed by atoms with van der Waals surface area (Å²) in [6, 6.07) is 3.32. The van der Waals surface area contributed by atoms with E-state index in [1.165, 1.54) is 7.11 Å². The third-order valence-electron chi connectivity index (χ3n) is 2.29. The Morgan fingerprint density at radius 3 is 1.84 bits per heavy atom. The Bertz CT molecular complexity index is 391. The summed E-state index contributed by atoms with van der Waals surface area (Å²) < 4.78 is 20.1. The van der Waals surface area contributed by atoms with Crippen molar-refractivity contribution in [3.63, 3.8) is 0 Å². The van der Waals surface area contributed by atoms with Crippen LogP contribution in [-0.4, -0.2) is 41.0 Å². The van der Waals surface area contributed by atoms with Crippen LogP contribution in [0.4, 0.5) is 0 Å². The van der Waals surface area contributed by atoms with Crippen molar-refractivity contribution in [2.45, 2.75) is 13.2 Å². The van der Waals surface area contributed by atoms with E-state index in [-0.39, 0.29) is 6.29 Å². The van der Waals surface area contributed by atoms with Crippen LogP contribution in [0.5, 0.6) is 11.5 Å². The van der Waals surface area contributed by atoms with Crippen LogP contribution in [-0.2, 0) is 9.47 Å². The smallest absolute Gasteiger partial charge is 0.161 e. The van der Waals surface area contributed by atoms with E-state index in [9.17, 15) is 4.79 Å². The summed E-state index contributed by atoms with van der Waals surface area (Å²) in [4.78, 5) is 10.6. The molecule has 0 aliphatic heterocycles. The molecule has 0 radical (unpaired) electrons. The van der Waals surface area contributed by atoms with Crippen LogP contribution in [0.15, 0.2) is 16.6 Å². The monoisotopic (exact) mass is 334 g/mol. The van der Waals surface area contributed by atoms with Gasteiger partial charge in [0, 0.05) is 24.3 Å². The molecule has 0 saturated heterocycles. The van der Waals surface area contributed by atoms with Gasteiger partial charge in [0.15, 0.2) is 24.1 Å². The molecule has 6 heteroatoms. The summed E-state index contributed by atoms with van der Waals surface area (Å²) in [7, 11) is 6.29. The Morgan fingerprint density at radius 1 is 1.05 bits per heavy atom. The molecule has 0 bridgehead atoms. The molecule has 108 valence electrons. The van der Waals surface area contributed by atoms with Gasteiger partial charge in [-0.3, -0.25) is 4.79 Å². The quantitative estimate of drug-likeness (QED) is 0.612. The molecule has 0 aromatic heterocycles. The second kappa shape index (κ2) is 9.77. The molecule has 0 N–H and O–H groups in total. The minimum absolute atomic E-state index is 0.0648. The Hall–Kier alpha value is -1.11. The summed E-state index contributed by atoms with van der Waals surface area (Å²) in [5.41, 5.74) is 0.539. The Balaban J connectivity index is 0.000000459. The minimum atomic E-state index is -0.0648. The Labute approximate surface area is 121 Å². The molecule has 0 atom stereocenters. The molecule has 5 nitrogen and oxygen atoms in total. The largest absolute Gasteiger partial charge is 0.493 e. The summed E-state index contributed by atoms with van der Waals surface area (Å²) in [6.45, 7) is 1.83. The fraction of sp³-hybridized carbons (Fsp3) is 0.462. The normalized spacial score (nSPS) is 9.63. The zero-order valence-electron chi connectivity index (χ0n) is 11.7. The summed E-state index contributed by atoms with van der Waals surface area (Å²) >= 11 is 3.24. The van der Waals surface area contributed by atoms with Gasteiger partial charge in [-0.25, -0.2) is 0 Å². The summed E-state index contributed by atoms with van der Waals surface area (Å²) in [5, 5.41) is 0. The van der Waals surface area contributed by atoms with Crippen LogP contribution in [0.2, 0.25) is 0 Å². The van der Waals surface area contributed by atoms with Gasteiger partial charge < -0.3 is 18.9 Å². The predicted octanol–water partition coefficient (Wildman–Crippen LogP) is 2.90. The first-order valence-electron chi connectivity index (χ1n) is 5.46. The molecule has 0 aliphatic carbocycles. The van der Waals surface area contributed by atoms with Crippen molar-refractivity contribution >= 4 is 22.2 Å². The number of hydrogen-bond donors (Lipinski definition) is 0. The SMILES string of the molecule is COC(C)OC.COc1cc(Br)c(C=O)cc1OC. The first-order chi connectivity index (χ1) is 9.03. The molecule has 1 rings (SSSR count). The zero-order valence-corrected chi connectivity index (χ0v) is 13.3. The maximum Gasteiger partial charge on any atom is 0.161 e. The van der Waals surface area contributed by atoms with Crippen molar-refractivity contribution in [1.82, 2.24) is 0 Å². The third-order valence-corrected chi connectivity index (χ3v) is 2.98. The molecule has 0 amide bonds. The van der Waals surface area contributed by atoms with Crippen LogP contribution >= 0.6 is 15.9 Å². The first kappa shape index (κ1) is 17.9. The molecule has 0 fully saturated rings. The average Bonchev–Trinajstić information content (AvgIpc) is 2.46. The van der Waals surface area contributed by atoms with Gasteiger partial charge in [0.25, 0.3) is 0 Å². The van der Waals surface area contributed by atoms with Crippen LogP contribution in [0.1, 0.15) is 17.3 Å². The predicted molar refractivity (Wildman–Crippen MR) is 76.1 cm³/mol. The van der Waals surface area contributed by atoms with E-state index < -0.39 is 0 Å². The summed E-state index contributed by atoms with van der Waals surface area (Å²) in [6.07, 6.45) is 0.691.